The van der Waals surface area contributed by atoms with E-state index in [-0.39, 0.29) is 0 Å². The number of carbonyl (C=O) groups is 1. The first-order valence-corrected chi connectivity index (χ1v) is 8.41. The lowest BCUT2D eigenvalue weighted by atomic mass is 10.1. The zero-order valence-electron chi connectivity index (χ0n) is 13.4. The van der Waals surface area contributed by atoms with E-state index in [1.54, 1.807) is 0 Å². The van der Waals surface area contributed by atoms with Crippen LogP contribution in [0.1, 0.15) is 52.4 Å². The Labute approximate surface area is 124 Å². The molecule has 1 amide bonds. The van der Waals surface area contributed by atoms with E-state index in [1.165, 1.54) is 38.8 Å². The molecular weight excluding hydrogens is 250 g/mol. The van der Waals surface area contributed by atoms with Crippen LogP contribution in [0.25, 0.3) is 0 Å². The van der Waals surface area contributed by atoms with Crippen molar-refractivity contribution in [1.29, 1.82) is 0 Å². The maximum absolute atomic E-state index is 11.8. The summed E-state index contributed by atoms with van der Waals surface area (Å²) in [6.45, 7) is 10.4. The number of carbonyl (C=O) groups excluding carboxylic acids is 1. The van der Waals surface area contributed by atoms with Crippen LogP contribution in [0.15, 0.2) is 0 Å². The topological polar surface area (TPSA) is 49.6 Å². The molecule has 0 saturated carbocycles. The Morgan fingerprint density at radius 3 is 2.25 bits per heavy atom. The molecule has 1 heterocycles. The molecule has 0 aliphatic carbocycles. The summed E-state index contributed by atoms with van der Waals surface area (Å²) in [6, 6.07) is 0. The number of likely N-dealkylation sites (tertiary alicyclic amines) is 1. The summed E-state index contributed by atoms with van der Waals surface area (Å²) in [6.07, 6.45) is 6.82. The highest BCUT2D eigenvalue weighted by Gasteiger charge is 2.27. The van der Waals surface area contributed by atoms with E-state index in [1.807, 2.05) is 4.90 Å². The average molecular weight is 283 g/mol. The van der Waals surface area contributed by atoms with Gasteiger partial charge in [0.2, 0.25) is 5.91 Å². The van der Waals surface area contributed by atoms with E-state index in [2.05, 4.69) is 18.7 Å². The minimum Gasteiger partial charge on any atom is -0.342 e. The molecule has 4 heteroatoms. The zero-order valence-corrected chi connectivity index (χ0v) is 13.4. The van der Waals surface area contributed by atoms with Gasteiger partial charge in [0.15, 0.2) is 0 Å². The smallest absolute Gasteiger partial charge is 0.222 e. The van der Waals surface area contributed by atoms with Crippen molar-refractivity contribution in [3.05, 3.63) is 0 Å². The first-order valence-electron chi connectivity index (χ1n) is 8.41. The van der Waals surface area contributed by atoms with E-state index in [4.69, 9.17) is 5.73 Å². The summed E-state index contributed by atoms with van der Waals surface area (Å²) in [5.41, 5.74) is 5.66. The Kier molecular flexibility index (Phi) is 8.86. The lowest BCUT2D eigenvalue weighted by molar-refractivity contribution is -0.127. The first kappa shape index (κ1) is 17.4. The van der Waals surface area contributed by atoms with Gasteiger partial charge in [-0.05, 0) is 51.4 Å². The van der Waals surface area contributed by atoms with Gasteiger partial charge < -0.3 is 15.5 Å². The Bertz CT molecular complexity index is 262. The van der Waals surface area contributed by atoms with Gasteiger partial charge in [-0.1, -0.05) is 26.7 Å². The third-order valence-corrected chi connectivity index (χ3v) is 4.19. The lowest BCUT2D eigenvalue weighted by Crippen LogP contribution is -2.32. The number of amides is 1. The Hall–Kier alpha value is -0.610. The normalized spacial score (nSPS) is 19.3. The summed E-state index contributed by atoms with van der Waals surface area (Å²) >= 11 is 0. The molecule has 1 aliphatic rings. The van der Waals surface area contributed by atoms with Crippen LogP contribution in [0.4, 0.5) is 0 Å². The summed E-state index contributed by atoms with van der Waals surface area (Å²) in [5.74, 6) is 0.688. The van der Waals surface area contributed by atoms with Crippen molar-refractivity contribution in [2.24, 2.45) is 11.7 Å². The highest BCUT2D eigenvalue weighted by molar-refractivity contribution is 5.78. The van der Waals surface area contributed by atoms with Gasteiger partial charge in [0.05, 0.1) is 0 Å². The molecule has 0 bridgehead atoms. The molecule has 1 unspecified atom stereocenters. The van der Waals surface area contributed by atoms with Crippen LogP contribution in [-0.4, -0.2) is 55.0 Å². The molecule has 1 saturated heterocycles. The number of nitrogens with two attached hydrogens (primary N) is 1. The van der Waals surface area contributed by atoms with Gasteiger partial charge in [-0.25, -0.2) is 0 Å². The summed E-state index contributed by atoms with van der Waals surface area (Å²) < 4.78 is 0. The largest absolute Gasteiger partial charge is 0.342 e. The van der Waals surface area contributed by atoms with E-state index in [0.717, 1.165) is 26.1 Å². The molecule has 1 aliphatic heterocycles. The zero-order chi connectivity index (χ0) is 14.8. The second kappa shape index (κ2) is 10.2. The van der Waals surface area contributed by atoms with E-state index < -0.39 is 0 Å². The van der Waals surface area contributed by atoms with Gasteiger partial charge in [-0.3, -0.25) is 4.79 Å². The quantitative estimate of drug-likeness (QED) is 0.631. The fourth-order valence-electron chi connectivity index (χ4n) is 2.81. The molecule has 1 fully saturated rings. The van der Waals surface area contributed by atoms with Crippen LogP contribution < -0.4 is 5.73 Å². The molecule has 4 nitrogen and oxygen atoms in total. The fourth-order valence-corrected chi connectivity index (χ4v) is 2.81. The van der Waals surface area contributed by atoms with Crippen molar-refractivity contribution in [3.8, 4) is 0 Å². The number of nitrogens with zero attached hydrogens (tertiary/aromatic N) is 2. The van der Waals surface area contributed by atoms with Crippen molar-refractivity contribution in [2.75, 3.05) is 39.3 Å². The SMILES string of the molecule is CCCCN(CCCC)CCCN1CC(CN)CC1=O. The van der Waals surface area contributed by atoms with Crippen molar-refractivity contribution >= 4 is 5.91 Å². The monoisotopic (exact) mass is 283 g/mol. The van der Waals surface area contributed by atoms with Crippen LogP contribution in [0, 0.1) is 5.92 Å². The van der Waals surface area contributed by atoms with Gasteiger partial charge >= 0.3 is 0 Å². The number of unbranched alkanes of at least 4 members (excludes halogenated alkanes) is 2. The van der Waals surface area contributed by atoms with Crippen LogP contribution in [-0.2, 0) is 4.79 Å². The molecule has 1 atom stereocenters. The predicted molar refractivity (Wildman–Crippen MR) is 84.6 cm³/mol. The van der Waals surface area contributed by atoms with Crippen LogP contribution >= 0.6 is 0 Å². The molecule has 20 heavy (non-hydrogen) atoms. The van der Waals surface area contributed by atoms with Crippen LogP contribution in [0.2, 0.25) is 0 Å². The van der Waals surface area contributed by atoms with Crippen molar-refractivity contribution in [1.82, 2.24) is 9.80 Å². The maximum Gasteiger partial charge on any atom is 0.222 e. The van der Waals surface area contributed by atoms with E-state index in [0.29, 0.717) is 24.8 Å². The number of hydrogen-bond donors (Lipinski definition) is 1. The molecule has 0 aromatic carbocycles. The van der Waals surface area contributed by atoms with Crippen LogP contribution in [0.5, 0.6) is 0 Å². The molecule has 0 aromatic rings. The van der Waals surface area contributed by atoms with Crippen molar-refractivity contribution < 1.29 is 4.79 Å². The summed E-state index contributed by atoms with van der Waals surface area (Å²) in [7, 11) is 0. The standard InChI is InChI=1S/C16H33N3O/c1-3-5-8-18(9-6-4-2)10-7-11-19-14-15(13-17)12-16(19)20/h15H,3-14,17H2,1-2H3. The minimum absolute atomic E-state index is 0.300. The highest BCUT2D eigenvalue weighted by Crippen LogP contribution is 2.16. The van der Waals surface area contributed by atoms with E-state index in [9.17, 15) is 4.79 Å². The molecule has 1 rings (SSSR count). The molecule has 2 N–H and O–H groups in total. The number of rotatable bonds is 11. The molecular formula is C16H33N3O. The minimum atomic E-state index is 0.300. The molecule has 118 valence electrons. The third kappa shape index (κ3) is 6.23. The predicted octanol–water partition coefficient (Wildman–Crippen LogP) is 2.09. The van der Waals surface area contributed by atoms with Gasteiger partial charge in [0.1, 0.15) is 0 Å². The van der Waals surface area contributed by atoms with Crippen LogP contribution in [0.3, 0.4) is 0 Å². The Morgan fingerprint density at radius 2 is 1.75 bits per heavy atom. The maximum atomic E-state index is 11.8. The second-order valence-electron chi connectivity index (χ2n) is 6.05. The van der Waals surface area contributed by atoms with Gasteiger partial charge in [-0.15, -0.1) is 0 Å². The van der Waals surface area contributed by atoms with Gasteiger partial charge in [-0.2, -0.15) is 0 Å². The first-order chi connectivity index (χ1) is 9.71. The van der Waals surface area contributed by atoms with Crippen molar-refractivity contribution in [3.63, 3.8) is 0 Å². The fraction of sp³-hybridized carbons (Fsp3) is 0.938. The average Bonchev–Trinajstić information content (AvgIpc) is 2.82. The van der Waals surface area contributed by atoms with Gasteiger partial charge in [0.25, 0.3) is 0 Å². The van der Waals surface area contributed by atoms with Gasteiger partial charge in [0, 0.05) is 19.5 Å². The van der Waals surface area contributed by atoms with Crippen molar-refractivity contribution in [2.45, 2.75) is 52.4 Å². The highest BCUT2D eigenvalue weighted by atomic mass is 16.2. The second-order valence-corrected chi connectivity index (χ2v) is 6.05. The Balaban J connectivity index is 2.23. The molecule has 0 spiro atoms. The third-order valence-electron chi connectivity index (χ3n) is 4.19. The van der Waals surface area contributed by atoms with E-state index >= 15 is 0 Å². The molecule has 0 radical (unpaired) electrons. The number of hydrogen-bond acceptors (Lipinski definition) is 3. The Morgan fingerprint density at radius 1 is 1.15 bits per heavy atom. The summed E-state index contributed by atoms with van der Waals surface area (Å²) in [4.78, 5) is 16.4. The molecule has 0 aromatic heterocycles. The lowest BCUT2D eigenvalue weighted by Gasteiger charge is -2.23. The summed E-state index contributed by atoms with van der Waals surface area (Å²) in [5, 5.41) is 0.